The smallest absolute Gasteiger partial charge is 0.191 e. The number of methoxy groups -OCH3 is 2. The van der Waals surface area contributed by atoms with Gasteiger partial charge in [0.1, 0.15) is 16.5 Å². The predicted octanol–water partition coefficient (Wildman–Crippen LogP) is 2.99. The molecule has 0 saturated carbocycles. The minimum absolute atomic E-state index is 0. The third kappa shape index (κ3) is 6.69. The van der Waals surface area contributed by atoms with Gasteiger partial charge in [-0.1, -0.05) is 0 Å². The Morgan fingerprint density at radius 1 is 1.24 bits per heavy atom. The first kappa shape index (κ1) is 21.5. The van der Waals surface area contributed by atoms with Crippen molar-refractivity contribution >= 4 is 41.3 Å². The summed E-state index contributed by atoms with van der Waals surface area (Å²) >= 11 is 1.68. The molecule has 0 saturated heterocycles. The van der Waals surface area contributed by atoms with E-state index in [9.17, 15) is 0 Å². The fourth-order valence-electron chi connectivity index (χ4n) is 2.26. The van der Waals surface area contributed by atoms with Gasteiger partial charge < -0.3 is 20.1 Å². The van der Waals surface area contributed by atoms with Crippen LogP contribution in [0.1, 0.15) is 15.4 Å². The molecule has 0 spiro atoms. The van der Waals surface area contributed by atoms with E-state index in [0.717, 1.165) is 41.0 Å². The second-order valence-corrected chi connectivity index (χ2v) is 6.46. The maximum Gasteiger partial charge on any atom is 0.191 e. The number of hydrogen-bond donors (Lipinski definition) is 2. The molecule has 25 heavy (non-hydrogen) atoms. The molecule has 0 aliphatic heterocycles. The third-order valence-electron chi connectivity index (χ3n) is 3.47. The molecular formula is C17H25IN4O2S. The minimum Gasteiger partial charge on any atom is -0.497 e. The number of rotatable bonds is 7. The summed E-state index contributed by atoms with van der Waals surface area (Å²) in [5.74, 6) is 2.44. The van der Waals surface area contributed by atoms with E-state index in [1.54, 1.807) is 32.6 Å². The second-order valence-electron chi connectivity index (χ2n) is 5.14. The number of aryl methyl sites for hydroxylation is 1. The molecule has 1 aromatic heterocycles. The molecule has 1 heterocycles. The summed E-state index contributed by atoms with van der Waals surface area (Å²) in [6.45, 7) is 3.45. The molecule has 0 aliphatic carbocycles. The van der Waals surface area contributed by atoms with Crippen LogP contribution in [-0.2, 0) is 13.0 Å². The summed E-state index contributed by atoms with van der Waals surface area (Å²) in [6.07, 6.45) is 2.68. The van der Waals surface area contributed by atoms with Crippen LogP contribution < -0.4 is 20.1 Å². The Hall–Kier alpha value is -1.55. The molecule has 0 unspecified atom stereocenters. The standard InChI is InChI=1S/C17H24N4O2S.HI/c1-12-10-20-16(24-12)11-21-17(18-2)19-8-7-13-9-14(22-3)5-6-15(13)23-4;/h5-6,9-10H,7-8,11H2,1-4H3,(H2,18,19,21);1H. The summed E-state index contributed by atoms with van der Waals surface area (Å²) in [5, 5.41) is 7.62. The lowest BCUT2D eigenvalue weighted by atomic mass is 10.1. The first-order chi connectivity index (χ1) is 11.7. The fraction of sp³-hybridized carbons (Fsp3) is 0.412. The Morgan fingerprint density at radius 2 is 2.04 bits per heavy atom. The molecule has 1 aromatic carbocycles. The largest absolute Gasteiger partial charge is 0.497 e. The van der Waals surface area contributed by atoms with Gasteiger partial charge in [-0.25, -0.2) is 4.98 Å². The third-order valence-corrected chi connectivity index (χ3v) is 4.39. The number of aliphatic imine (C=N–C) groups is 1. The molecule has 0 atom stereocenters. The molecule has 6 nitrogen and oxygen atoms in total. The molecule has 2 N–H and O–H groups in total. The number of thiazole rings is 1. The van der Waals surface area contributed by atoms with Crippen LogP contribution in [-0.4, -0.2) is 38.8 Å². The van der Waals surface area contributed by atoms with Crippen molar-refractivity contribution in [3.05, 3.63) is 39.8 Å². The predicted molar refractivity (Wildman–Crippen MR) is 114 cm³/mol. The van der Waals surface area contributed by atoms with Gasteiger partial charge in [-0.2, -0.15) is 0 Å². The second kappa shape index (κ2) is 11.1. The van der Waals surface area contributed by atoms with E-state index in [0.29, 0.717) is 6.54 Å². The number of guanidine groups is 1. The Labute approximate surface area is 170 Å². The van der Waals surface area contributed by atoms with E-state index < -0.39 is 0 Å². The summed E-state index contributed by atoms with van der Waals surface area (Å²) in [7, 11) is 5.10. The van der Waals surface area contributed by atoms with E-state index in [1.807, 2.05) is 24.4 Å². The zero-order valence-electron chi connectivity index (χ0n) is 15.0. The maximum absolute atomic E-state index is 5.40. The molecule has 0 fully saturated rings. The fourth-order valence-corrected chi connectivity index (χ4v) is 2.98. The zero-order valence-corrected chi connectivity index (χ0v) is 18.1. The van der Waals surface area contributed by atoms with E-state index in [4.69, 9.17) is 9.47 Å². The van der Waals surface area contributed by atoms with Crippen molar-refractivity contribution < 1.29 is 9.47 Å². The van der Waals surface area contributed by atoms with Crippen molar-refractivity contribution in [2.75, 3.05) is 27.8 Å². The van der Waals surface area contributed by atoms with Crippen LogP contribution in [0.3, 0.4) is 0 Å². The van der Waals surface area contributed by atoms with Crippen molar-refractivity contribution in [2.45, 2.75) is 19.9 Å². The first-order valence-corrected chi connectivity index (χ1v) is 8.54. The van der Waals surface area contributed by atoms with Gasteiger partial charge in [0.05, 0.1) is 20.8 Å². The number of hydrogen-bond acceptors (Lipinski definition) is 5. The number of aromatic nitrogens is 1. The number of halogens is 1. The van der Waals surface area contributed by atoms with Crippen LogP contribution in [0.25, 0.3) is 0 Å². The van der Waals surface area contributed by atoms with Gasteiger partial charge in [0.15, 0.2) is 5.96 Å². The zero-order chi connectivity index (χ0) is 17.4. The van der Waals surface area contributed by atoms with Crippen molar-refractivity contribution in [3.63, 3.8) is 0 Å². The molecule has 0 radical (unpaired) electrons. The van der Waals surface area contributed by atoms with E-state index in [2.05, 4.69) is 27.5 Å². The van der Waals surface area contributed by atoms with Gasteiger partial charge >= 0.3 is 0 Å². The summed E-state index contributed by atoms with van der Waals surface area (Å²) < 4.78 is 10.7. The average Bonchev–Trinajstić information content (AvgIpc) is 3.03. The Morgan fingerprint density at radius 3 is 2.64 bits per heavy atom. The van der Waals surface area contributed by atoms with E-state index in [1.165, 1.54) is 4.88 Å². The molecule has 0 aliphatic rings. The Balaban J connectivity index is 0.00000312. The first-order valence-electron chi connectivity index (χ1n) is 7.73. The van der Waals surface area contributed by atoms with E-state index >= 15 is 0 Å². The molecule has 2 aromatic rings. The molecule has 0 amide bonds. The number of ether oxygens (including phenoxy) is 2. The van der Waals surface area contributed by atoms with Crippen LogP contribution in [0.5, 0.6) is 11.5 Å². The van der Waals surface area contributed by atoms with Crippen LogP contribution in [0.4, 0.5) is 0 Å². The number of nitrogens with one attached hydrogen (secondary N) is 2. The van der Waals surface area contributed by atoms with Crippen molar-refractivity contribution in [1.82, 2.24) is 15.6 Å². The van der Waals surface area contributed by atoms with Gasteiger partial charge in [0.2, 0.25) is 0 Å². The Kier molecular flexibility index (Phi) is 9.58. The maximum atomic E-state index is 5.40. The Bertz CT molecular complexity index is 691. The summed E-state index contributed by atoms with van der Waals surface area (Å²) in [4.78, 5) is 9.78. The van der Waals surface area contributed by atoms with Crippen LogP contribution in [0, 0.1) is 6.92 Å². The van der Waals surface area contributed by atoms with Crippen LogP contribution >= 0.6 is 35.3 Å². The summed E-state index contributed by atoms with van der Waals surface area (Å²) in [5.41, 5.74) is 1.09. The minimum atomic E-state index is 0. The lowest BCUT2D eigenvalue weighted by molar-refractivity contribution is 0.398. The topological polar surface area (TPSA) is 67.8 Å². The lowest BCUT2D eigenvalue weighted by Crippen LogP contribution is -2.37. The molecule has 0 bridgehead atoms. The average molecular weight is 476 g/mol. The van der Waals surface area contributed by atoms with Gasteiger partial charge in [0, 0.05) is 24.7 Å². The normalized spacial score (nSPS) is 10.8. The monoisotopic (exact) mass is 476 g/mol. The van der Waals surface area contributed by atoms with Crippen molar-refractivity contribution in [1.29, 1.82) is 0 Å². The highest BCUT2D eigenvalue weighted by atomic mass is 127. The summed E-state index contributed by atoms with van der Waals surface area (Å²) in [6, 6.07) is 5.81. The molecule has 8 heteroatoms. The molecule has 2 rings (SSSR count). The highest BCUT2D eigenvalue weighted by molar-refractivity contribution is 14.0. The number of benzene rings is 1. The van der Waals surface area contributed by atoms with Gasteiger partial charge in [-0.15, -0.1) is 35.3 Å². The van der Waals surface area contributed by atoms with Gasteiger partial charge in [-0.05, 0) is 37.1 Å². The highest BCUT2D eigenvalue weighted by Crippen LogP contribution is 2.24. The quantitative estimate of drug-likeness (QED) is 0.366. The van der Waals surface area contributed by atoms with Crippen LogP contribution in [0.2, 0.25) is 0 Å². The molecule has 138 valence electrons. The number of nitrogens with zero attached hydrogens (tertiary/aromatic N) is 2. The highest BCUT2D eigenvalue weighted by Gasteiger charge is 2.06. The van der Waals surface area contributed by atoms with Crippen LogP contribution in [0.15, 0.2) is 29.4 Å². The van der Waals surface area contributed by atoms with Crippen molar-refractivity contribution in [3.8, 4) is 11.5 Å². The lowest BCUT2D eigenvalue weighted by Gasteiger charge is -2.13. The van der Waals surface area contributed by atoms with Gasteiger partial charge in [0.25, 0.3) is 0 Å². The van der Waals surface area contributed by atoms with E-state index in [-0.39, 0.29) is 24.0 Å². The van der Waals surface area contributed by atoms with Gasteiger partial charge in [-0.3, -0.25) is 4.99 Å². The SMILES string of the molecule is CN=C(NCCc1cc(OC)ccc1OC)NCc1ncc(C)s1.I. The molecular weight excluding hydrogens is 451 g/mol. The van der Waals surface area contributed by atoms with Crippen molar-refractivity contribution in [2.24, 2.45) is 4.99 Å².